The van der Waals surface area contributed by atoms with E-state index in [4.69, 9.17) is 19.3 Å². The molecule has 2 rings (SSSR count). The minimum Gasteiger partial charge on any atom is -0.394 e. The molecule has 2 aliphatic rings. The summed E-state index contributed by atoms with van der Waals surface area (Å²) in [5.41, 5.74) is 0. The van der Waals surface area contributed by atoms with Crippen molar-refractivity contribution >= 4 is 5.91 Å². The average molecular weight is 383 g/mol. The van der Waals surface area contributed by atoms with Gasteiger partial charge in [0, 0.05) is 6.92 Å². The molecular weight excluding hydrogens is 358 g/mol. The van der Waals surface area contributed by atoms with E-state index in [9.17, 15) is 35.4 Å². The smallest absolute Gasteiger partial charge is 0.217 e. The Hall–Kier alpha value is -0.930. The molecule has 0 saturated carbocycles. The highest BCUT2D eigenvalue weighted by Crippen LogP contribution is 2.30. The molecule has 26 heavy (non-hydrogen) atoms. The van der Waals surface area contributed by atoms with Crippen LogP contribution in [0.3, 0.4) is 0 Å². The summed E-state index contributed by atoms with van der Waals surface area (Å²) in [5, 5.41) is 70.4. The first-order valence-electron chi connectivity index (χ1n) is 8.06. The summed E-state index contributed by atoms with van der Waals surface area (Å²) in [4.78, 5) is 11.2. The van der Waals surface area contributed by atoms with Crippen LogP contribution in [-0.2, 0) is 19.0 Å². The normalized spacial score (nSPS) is 44.7. The van der Waals surface area contributed by atoms with Gasteiger partial charge >= 0.3 is 0 Å². The molecular formula is C14H25NO11. The Bertz CT molecular complexity index is 480. The van der Waals surface area contributed by atoms with Crippen molar-refractivity contribution in [1.29, 1.82) is 0 Å². The first kappa shape index (κ1) is 21.4. The zero-order valence-electron chi connectivity index (χ0n) is 14.0. The minimum atomic E-state index is -1.63. The van der Waals surface area contributed by atoms with Crippen LogP contribution >= 0.6 is 0 Å². The van der Waals surface area contributed by atoms with Gasteiger partial charge in [0.1, 0.15) is 48.8 Å². The molecule has 10 atom stereocenters. The number of amides is 1. The molecule has 0 aromatic heterocycles. The van der Waals surface area contributed by atoms with Gasteiger partial charge in [0.25, 0.3) is 0 Å². The maximum absolute atomic E-state index is 11.2. The fourth-order valence-corrected chi connectivity index (χ4v) is 3.00. The van der Waals surface area contributed by atoms with Crippen LogP contribution in [0.4, 0.5) is 0 Å². The highest BCUT2D eigenvalue weighted by Gasteiger charge is 2.51. The molecule has 0 spiro atoms. The monoisotopic (exact) mass is 383 g/mol. The number of hydrogen-bond acceptors (Lipinski definition) is 11. The lowest BCUT2D eigenvalue weighted by atomic mass is 9.96. The van der Waals surface area contributed by atoms with Crippen LogP contribution in [-0.4, -0.2) is 116 Å². The van der Waals surface area contributed by atoms with E-state index < -0.39 is 80.5 Å². The highest BCUT2D eigenvalue weighted by molar-refractivity contribution is 5.73. The first-order chi connectivity index (χ1) is 12.2. The largest absolute Gasteiger partial charge is 0.394 e. The van der Waals surface area contributed by atoms with Crippen LogP contribution < -0.4 is 5.32 Å². The van der Waals surface area contributed by atoms with Crippen molar-refractivity contribution in [2.24, 2.45) is 0 Å². The highest BCUT2D eigenvalue weighted by atomic mass is 16.7. The topological polar surface area (TPSA) is 198 Å². The zero-order valence-corrected chi connectivity index (χ0v) is 14.0. The molecule has 12 nitrogen and oxygen atoms in total. The third-order valence-electron chi connectivity index (χ3n) is 4.36. The minimum absolute atomic E-state index is 0.559. The number of carbonyl (C=O) groups excluding carboxylic acids is 1. The van der Waals surface area contributed by atoms with Crippen molar-refractivity contribution in [1.82, 2.24) is 5.32 Å². The Morgan fingerprint density at radius 1 is 1.12 bits per heavy atom. The first-order valence-corrected chi connectivity index (χ1v) is 8.06. The summed E-state index contributed by atoms with van der Waals surface area (Å²) >= 11 is 0. The Kier molecular flexibility index (Phi) is 7.27. The van der Waals surface area contributed by atoms with Crippen molar-refractivity contribution < 1.29 is 54.8 Å². The molecule has 0 aliphatic carbocycles. The Labute approximate surface area is 148 Å². The van der Waals surface area contributed by atoms with E-state index in [0.717, 1.165) is 6.92 Å². The standard InChI is InChI=1S/C14H25NO11/c1-4(18)15-7-8(20)12(6(3-17)24-13(7)23)26-14-10(22)9(21)11(25-14)5(19)2-16/h5-14,16-17,19-23H,2-3H2,1H3,(H,15,18)/t5-,6-,7-,8-,9-,10-,11+,12-,13-,14+/m1/s1. The molecule has 0 aromatic rings. The second-order valence-electron chi connectivity index (χ2n) is 6.27. The van der Waals surface area contributed by atoms with Crippen LogP contribution in [0, 0.1) is 0 Å². The molecule has 8 N–H and O–H groups in total. The molecule has 2 saturated heterocycles. The van der Waals surface area contributed by atoms with Gasteiger partial charge in [-0.05, 0) is 0 Å². The number of rotatable bonds is 6. The van der Waals surface area contributed by atoms with Crippen LogP contribution in [0.5, 0.6) is 0 Å². The lowest BCUT2D eigenvalue weighted by molar-refractivity contribution is -0.300. The van der Waals surface area contributed by atoms with E-state index >= 15 is 0 Å². The third kappa shape index (κ3) is 4.31. The quantitative estimate of drug-likeness (QED) is 0.218. The Morgan fingerprint density at radius 2 is 1.77 bits per heavy atom. The molecule has 2 fully saturated rings. The van der Waals surface area contributed by atoms with Crippen molar-refractivity contribution in [2.45, 2.75) is 68.3 Å². The lowest BCUT2D eigenvalue weighted by Gasteiger charge is -2.43. The average Bonchev–Trinajstić information content (AvgIpc) is 2.88. The summed E-state index contributed by atoms with van der Waals surface area (Å²) in [6, 6.07) is -1.28. The van der Waals surface area contributed by atoms with E-state index in [2.05, 4.69) is 5.32 Å². The predicted octanol–water partition coefficient (Wildman–Crippen LogP) is -5.25. The molecule has 152 valence electrons. The van der Waals surface area contributed by atoms with Crippen molar-refractivity contribution in [3.63, 3.8) is 0 Å². The molecule has 1 amide bonds. The molecule has 0 unspecified atom stereocenters. The van der Waals surface area contributed by atoms with Crippen molar-refractivity contribution in [3.8, 4) is 0 Å². The Morgan fingerprint density at radius 3 is 2.31 bits per heavy atom. The van der Waals surface area contributed by atoms with Crippen LogP contribution in [0.1, 0.15) is 6.92 Å². The van der Waals surface area contributed by atoms with Gasteiger partial charge in [0.05, 0.1) is 13.2 Å². The van der Waals surface area contributed by atoms with Gasteiger partial charge < -0.3 is 55.3 Å². The molecule has 0 radical (unpaired) electrons. The van der Waals surface area contributed by atoms with E-state index in [-0.39, 0.29) is 0 Å². The summed E-state index contributed by atoms with van der Waals surface area (Å²) in [6.45, 7) is -0.236. The summed E-state index contributed by atoms with van der Waals surface area (Å²) in [5.74, 6) is -0.559. The summed E-state index contributed by atoms with van der Waals surface area (Å²) in [6.07, 6.45) is -13.3. The molecule has 0 aromatic carbocycles. The number of aliphatic hydroxyl groups excluding tert-OH is 7. The van der Waals surface area contributed by atoms with Gasteiger partial charge in [0.2, 0.25) is 5.91 Å². The number of ether oxygens (including phenoxy) is 3. The SMILES string of the molecule is CC(=O)N[C@@H]1[C@@H](O)[C@H](O[C@@H]2O[C@@H]([C@H](O)CO)[C@H](O)[C@H]2O)[C@@H](CO)O[C@H]1O. The number of nitrogens with one attached hydrogen (secondary N) is 1. The van der Waals surface area contributed by atoms with E-state index in [0.29, 0.717) is 0 Å². The molecule has 2 aliphatic heterocycles. The molecule has 12 heteroatoms. The van der Waals surface area contributed by atoms with Crippen LogP contribution in [0.2, 0.25) is 0 Å². The second-order valence-corrected chi connectivity index (χ2v) is 6.27. The fraction of sp³-hybridized carbons (Fsp3) is 0.929. The number of aliphatic hydroxyl groups is 7. The number of hydrogen-bond donors (Lipinski definition) is 8. The molecule has 2 heterocycles. The molecule has 0 bridgehead atoms. The van der Waals surface area contributed by atoms with E-state index in [1.807, 2.05) is 0 Å². The van der Waals surface area contributed by atoms with Crippen molar-refractivity contribution in [2.75, 3.05) is 13.2 Å². The van der Waals surface area contributed by atoms with E-state index in [1.165, 1.54) is 0 Å². The second kappa shape index (κ2) is 8.84. The van der Waals surface area contributed by atoms with Gasteiger partial charge in [-0.3, -0.25) is 4.79 Å². The fourth-order valence-electron chi connectivity index (χ4n) is 3.00. The van der Waals surface area contributed by atoms with Gasteiger partial charge in [-0.1, -0.05) is 0 Å². The third-order valence-corrected chi connectivity index (χ3v) is 4.36. The summed E-state index contributed by atoms with van der Waals surface area (Å²) < 4.78 is 15.7. The number of carbonyl (C=O) groups is 1. The van der Waals surface area contributed by atoms with Gasteiger partial charge in [-0.25, -0.2) is 0 Å². The Balaban J connectivity index is 2.13. The summed E-state index contributed by atoms with van der Waals surface area (Å²) in [7, 11) is 0. The van der Waals surface area contributed by atoms with Gasteiger partial charge in [0.15, 0.2) is 12.6 Å². The van der Waals surface area contributed by atoms with Crippen LogP contribution in [0.15, 0.2) is 0 Å². The van der Waals surface area contributed by atoms with Gasteiger partial charge in [-0.15, -0.1) is 0 Å². The van der Waals surface area contributed by atoms with E-state index in [1.54, 1.807) is 0 Å². The van der Waals surface area contributed by atoms with Crippen molar-refractivity contribution in [3.05, 3.63) is 0 Å². The van der Waals surface area contributed by atoms with Crippen LogP contribution in [0.25, 0.3) is 0 Å². The lowest BCUT2D eigenvalue weighted by Crippen LogP contribution is -2.65. The van der Waals surface area contributed by atoms with Gasteiger partial charge in [-0.2, -0.15) is 0 Å². The zero-order chi connectivity index (χ0) is 19.6. The maximum Gasteiger partial charge on any atom is 0.217 e. The predicted molar refractivity (Wildman–Crippen MR) is 80.2 cm³/mol. The maximum atomic E-state index is 11.2.